The van der Waals surface area contributed by atoms with E-state index in [2.05, 4.69) is 10.3 Å². The molecule has 8 heteroatoms. The van der Waals surface area contributed by atoms with E-state index >= 15 is 0 Å². The number of hydrogen-bond acceptors (Lipinski definition) is 5. The van der Waals surface area contributed by atoms with Crippen LogP contribution in [-0.2, 0) is 22.6 Å². The number of para-hydroxylation sites is 1. The summed E-state index contributed by atoms with van der Waals surface area (Å²) in [5.74, 6) is 0.362. The van der Waals surface area contributed by atoms with Gasteiger partial charge in [0, 0.05) is 22.6 Å². The molecule has 0 aliphatic carbocycles. The Hall–Kier alpha value is -2.90. The summed E-state index contributed by atoms with van der Waals surface area (Å²) in [6.45, 7) is 4.54. The maximum absolute atomic E-state index is 13.0. The van der Waals surface area contributed by atoms with Crippen molar-refractivity contribution in [1.82, 2.24) is 9.88 Å². The highest BCUT2D eigenvalue weighted by Crippen LogP contribution is 2.19. The minimum absolute atomic E-state index is 0.127. The first kappa shape index (κ1) is 23.8. The number of benzene rings is 2. The van der Waals surface area contributed by atoms with Crippen molar-refractivity contribution in [2.75, 3.05) is 11.9 Å². The second-order valence-corrected chi connectivity index (χ2v) is 8.65. The summed E-state index contributed by atoms with van der Waals surface area (Å²) < 4.78 is 5.72. The zero-order valence-electron chi connectivity index (χ0n) is 18.1. The number of hydrogen-bond donors (Lipinski definition) is 1. The predicted octanol–water partition coefficient (Wildman–Crippen LogP) is 5.18. The van der Waals surface area contributed by atoms with Crippen molar-refractivity contribution < 1.29 is 14.3 Å². The van der Waals surface area contributed by atoms with E-state index in [0.717, 1.165) is 11.4 Å². The monoisotopic (exact) mass is 471 g/mol. The molecule has 3 rings (SSSR count). The van der Waals surface area contributed by atoms with Gasteiger partial charge in [-0.3, -0.25) is 9.59 Å². The van der Waals surface area contributed by atoms with Gasteiger partial charge in [-0.1, -0.05) is 36.7 Å². The summed E-state index contributed by atoms with van der Waals surface area (Å²) in [6, 6.07) is 15.8. The number of anilines is 1. The molecule has 0 spiro atoms. The lowest BCUT2D eigenvalue weighted by Gasteiger charge is -2.28. The summed E-state index contributed by atoms with van der Waals surface area (Å²) in [6.07, 6.45) is 0.895. The molecular weight excluding hydrogens is 446 g/mol. The lowest BCUT2D eigenvalue weighted by Crippen LogP contribution is -2.46. The molecule has 0 aliphatic heterocycles. The average molecular weight is 472 g/mol. The summed E-state index contributed by atoms with van der Waals surface area (Å²) in [5, 5.41) is 6.15. The molecule has 2 amide bonds. The van der Waals surface area contributed by atoms with Crippen LogP contribution in [0.1, 0.15) is 31.0 Å². The van der Waals surface area contributed by atoms with Crippen molar-refractivity contribution in [3.05, 3.63) is 75.7 Å². The van der Waals surface area contributed by atoms with Crippen molar-refractivity contribution in [3.63, 3.8) is 0 Å². The second-order valence-electron chi connectivity index (χ2n) is 7.27. The van der Waals surface area contributed by atoms with Gasteiger partial charge in [-0.25, -0.2) is 4.98 Å². The summed E-state index contributed by atoms with van der Waals surface area (Å²) in [4.78, 5) is 31.8. The number of aromatic nitrogens is 1. The number of carbonyl (C=O) groups is 2. The van der Waals surface area contributed by atoms with Crippen molar-refractivity contribution in [2.24, 2.45) is 0 Å². The van der Waals surface area contributed by atoms with Crippen molar-refractivity contribution >= 4 is 40.4 Å². The Bertz CT molecular complexity index is 1020. The molecule has 3 aromatic rings. The number of ether oxygens (including phenoxy) is 1. The van der Waals surface area contributed by atoms with Crippen LogP contribution < -0.4 is 10.1 Å². The van der Waals surface area contributed by atoms with Crippen molar-refractivity contribution in [3.8, 4) is 5.75 Å². The minimum Gasteiger partial charge on any atom is -0.486 e. The second kappa shape index (κ2) is 11.6. The van der Waals surface area contributed by atoms with Crippen molar-refractivity contribution in [2.45, 2.75) is 39.3 Å². The van der Waals surface area contributed by atoms with E-state index in [1.54, 1.807) is 36.1 Å². The SMILES string of the molecule is CCCN(C(=O)Cc1csc(COc2ccc(Cl)cc2)n1)[C@H](C)C(=O)Nc1ccccc1. The molecule has 0 radical (unpaired) electrons. The zero-order chi connectivity index (χ0) is 22.9. The Labute approximate surface area is 197 Å². The van der Waals surface area contributed by atoms with Gasteiger partial charge in [0.25, 0.3) is 0 Å². The molecule has 0 fully saturated rings. The fraction of sp³-hybridized carbons (Fsp3) is 0.292. The van der Waals surface area contributed by atoms with Gasteiger partial charge in [0.2, 0.25) is 11.8 Å². The standard InChI is InChI=1S/C24H26ClN3O3S/c1-3-13-28(17(2)24(30)27-19-7-5-4-6-8-19)23(29)14-20-16-32-22(26-20)15-31-21-11-9-18(25)10-12-21/h4-12,16-17H,3,13-15H2,1-2H3,(H,27,30)/t17-/m1/s1. The fourth-order valence-electron chi connectivity index (χ4n) is 3.11. The van der Waals surface area contributed by atoms with Crippen LogP contribution in [0.25, 0.3) is 0 Å². The van der Waals surface area contributed by atoms with E-state index in [1.807, 2.05) is 42.6 Å². The van der Waals surface area contributed by atoms with Crippen molar-refractivity contribution in [1.29, 1.82) is 0 Å². The predicted molar refractivity (Wildman–Crippen MR) is 128 cm³/mol. The van der Waals surface area contributed by atoms with Crippen LogP contribution in [0.3, 0.4) is 0 Å². The van der Waals surface area contributed by atoms with Gasteiger partial charge in [0.15, 0.2) is 0 Å². The van der Waals surface area contributed by atoms with Crippen LogP contribution in [0.15, 0.2) is 60.0 Å². The van der Waals surface area contributed by atoms with Gasteiger partial charge in [-0.2, -0.15) is 0 Å². The van der Waals surface area contributed by atoms with Crippen LogP contribution in [0.5, 0.6) is 5.75 Å². The van der Waals surface area contributed by atoms with Gasteiger partial charge in [0.05, 0.1) is 12.1 Å². The number of nitrogens with one attached hydrogen (secondary N) is 1. The van der Waals surface area contributed by atoms with Crippen LogP contribution in [-0.4, -0.2) is 34.3 Å². The van der Waals surface area contributed by atoms with E-state index in [-0.39, 0.29) is 18.2 Å². The molecule has 0 saturated heterocycles. The largest absolute Gasteiger partial charge is 0.486 e. The number of nitrogens with zero attached hydrogens (tertiary/aromatic N) is 2. The first-order valence-corrected chi connectivity index (χ1v) is 11.7. The molecule has 1 N–H and O–H groups in total. The van der Waals surface area contributed by atoms with Crippen LogP contribution >= 0.6 is 22.9 Å². The maximum atomic E-state index is 13.0. The van der Waals surface area contributed by atoms with E-state index < -0.39 is 6.04 Å². The van der Waals surface area contributed by atoms with E-state index in [1.165, 1.54) is 11.3 Å². The zero-order valence-corrected chi connectivity index (χ0v) is 19.7. The third-order valence-electron chi connectivity index (χ3n) is 4.78. The van der Waals surface area contributed by atoms with Crippen LogP contribution in [0.4, 0.5) is 5.69 Å². The molecule has 0 bridgehead atoms. The highest BCUT2D eigenvalue weighted by molar-refractivity contribution is 7.09. The number of amides is 2. The Balaban J connectivity index is 1.58. The van der Waals surface area contributed by atoms with E-state index in [4.69, 9.17) is 16.3 Å². The third kappa shape index (κ3) is 6.80. The van der Waals surface area contributed by atoms with Gasteiger partial charge < -0.3 is 15.0 Å². The van der Waals surface area contributed by atoms with Gasteiger partial charge in [-0.15, -0.1) is 11.3 Å². The quantitative estimate of drug-likeness (QED) is 0.442. The highest BCUT2D eigenvalue weighted by Gasteiger charge is 2.26. The molecule has 2 aromatic carbocycles. The molecule has 6 nitrogen and oxygen atoms in total. The topological polar surface area (TPSA) is 71.5 Å². The first-order valence-electron chi connectivity index (χ1n) is 10.4. The molecule has 0 unspecified atom stereocenters. The van der Waals surface area contributed by atoms with Gasteiger partial charge in [-0.05, 0) is 49.7 Å². The van der Waals surface area contributed by atoms with Gasteiger partial charge in [0.1, 0.15) is 23.4 Å². The maximum Gasteiger partial charge on any atom is 0.246 e. The molecular formula is C24H26ClN3O3S. The third-order valence-corrected chi connectivity index (χ3v) is 5.90. The number of rotatable bonds is 10. The molecule has 168 valence electrons. The molecule has 0 saturated carbocycles. The highest BCUT2D eigenvalue weighted by atomic mass is 35.5. The summed E-state index contributed by atoms with van der Waals surface area (Å²) in [7, 11) is 0. The minimum atomic E-state index is -0.589. The molecule has 1 aromatic heterocycles. The average Bonchev–Trinajstić information content (AvgIpc) is 3.24. The van der Waals surface area contributed by atoms with E-state index in [9.17, 15) is 9.59 Å². The number of halogens is 1. The number of carbonyl (C=O) groups excluding carboxylic acids is 2. The van der Waals surface area contributed by atoms with Crippen LogP contribution in [0.2, 0.25) is 5.02 Å². The number of thiazole rings is 1. The summed E-state index contributed by atoms with van der Waals surface area (Å²) in [5.41, 5.74) is 1.38. The van der Waals surface area contributed by atoms with Gasteiger partial charge >= 0.3 is 0 Å². The lowest BCUT2D eigenvalue weighted by atomic mass is 10.2. The first-order chi connectivity index (χ1) is 15.5. The lowest BCUT2D eigenvalue weighted by molar-refractivity contribution is -0.137. The molecule has 1 atom stereocenters. The smallest absolute Gasteiger partial charge is 0.246 e. The Kier molecular flexibility index (Phi) is 8.64. The normalized spacial score (nSPS) is 11.6. The van der Waals surface area contributed by atoms with Crippen LogP contribution in [0, 0.1) is 0 Å². The molecule has 0 aliphatic rings. The fourth-order valence-corrected chi connectivity index (χ4v) is 3.94. The van der Waals surface area contributed by atoms with E-state index in [0.29, 0.717) is 35.3 Å². The Morgan fingerprint density at radius 3 is 2.56 bits per heavy atom. The molecule has 32 heavy (non-hydrogen) atoms. The summed E-state index contributed by atoms with van der Waals surface area (Å²) >= 11 is 7.33. The Morgan fingerprint density at radius 2 is 1.88 bits per heavy atom. The Morgan fingerprint density at radius 1 is 1.16 bits per heavy atom. The molecule has 1 heterocycles.